The highest BCUT2D eigenvalue weighted by molar-refractivity contribution is 5.94. The van der Waals surface area contributed by atoms with Crippen molar-refractivity contribution in [3.63, 3.8) is 0 Å². The minimum absolute atomic E-state index is 0.0959. The SMILES string of the molecule is O=C(c1ccc(-n2ccnc2)cc1)N1CCC(c2[nH]ncc2-c2ccccc2)CC1. The number of likely N-dealkylation sites (tertiary alicyclic amines) is 1. The third-order valence-electron chi connectivity index (χ3n) is 5.86. The molecule has 1 N–H and O–H groups in total. The van der Waals surface area contributed by atoms with E-state index in [1.807, 2.05) is 64.3 Å². The highest BCUT2D eigenvalue weighted by atomic mass is 16.2. The van der Waals surface area contributed by atoms with E-state index in [0.29, 0.717) is 5.92 Å². The standard InChI is InChI=1S/C24H23N5O/c30-24(20-6-8-21(9-7-20)29-15-12-25-17-29)28-13-10-19(11-14-28)23-22(16-26-27-23)18-4-2-1-3-5-18/h1-9,12,15-17,19H,10-11,13-14H2,(H,26,27). The molecule has 1 fully saturated rings. The summed E-state index contributed by atoms with van der Waals surface area (Å²) in [6.45, 7) is 1.50. The minimum Gasteiger partial charge on any atom is -0.339 e. The van der Waals surface area contributed by atoms with Crippen LogP contribution in [-0.2, 0) is 0 Å². The van der Waals surface area contributed by atoms with Crippen LogP contribution in [0.3, 0.4) is 0 Å². The smallest absolute Gasteiger partial charge is 0.253 e. The fraction of sp³-hybridized carbons (Fsp3) is 0.208. The molecule has 6 heteroatoms. The number of nitrogens with zero attached hydrogens (tertiary/aromatic N) is 4. The highest BCUT2D eigenvalue weighted by Gasteiger charge is 2.27. The van der Waals surface area contributed by atoms with E-state index in [1.54, 1.807) is 12.5 Å². The van der Waals surface area contributed by atoms with Crippen molar-refractivity contribution in [1.29, 1.82) is 0 Å². The maximum atomic E-state index is 13.0. The Bertz CT molecular complexity index is 1110. The number of amides is 1. The van der Waals surface area contributed by atoms with E-state index in [4.69, 9.17) is 0 Å². The van der Waals surface area contributed by atoms with Crippen molar-refractivity contribution in [2.24, 2.45) is 0 Å². The Balaban J connectivity index is 1.25. The molecule has 0 aliphatic carbocycles. The highest BCUT2D eigenvalue weighted by Crippen LogP contribution is 2.34. The average Bonchev–Trinajstić information content (AvgIpc) is 3.52. The van der Waals surface area contributed by atoms with Gasteiger partial charge in [0.25, 0.3) is 5.91 Å². The topological polar surface area (TPSA) is 66.8 Å². The van der Waals surface area contributed by atoms with Gasteiger partial charge in [-0.05, 0) is 42.7 Å². The van der Waals surface area contributed by atoms with Gasteiger partial charge >= 0.3 is 0 Å². The first-order chi connectivity index (χ1) is 14.8. The third-order valence-corrected chi connectivity index (χ3v) is 5.86. The molecular weight excluding hydrogens is 374 g/mol. The second-order valence-corrected chi connectivity index (χ2v) is 7.65. The molecule has 3 heterocycles. The molecule has 0 spiro atoms. The number of carbonyl (C=O) groups excluding carboxylic acids is 1. The molecule has 150 valence electrons. The predicted molar refractivity (Wildman–Crippen MR) is 115 cm³/mol. The molecule has 0 unspecified atom stereocenters. The number of H-pyrrole nitrogens is 1. The molecular formula is C24H23N5O. The lowest BCUT2D eigenvalue weighted by atomic mass is 9.89. The van der Waals surface area contributed by atoms with Crippen molar-refractivity contribution in [2.45, 2.75) is 18.8 Å². The van der Waals surface area contributed by atoms with Gasteiger partial charge in [0.1, 0.15) is 0 Å². The zero-order valence-corrected chi connectivity index (χ0v) is 16.6. The van der Waals surface area contributed by atoms with Crippen LogP contribution in [-0.4, -0.2) is 43.6 Å². The summed E-state index contributed by atoms with van der Waals surface area (Å²) in [5.41, 5.74) is 5.24. The first kappa shape index (κ1) is 18.4. The molecule has 0 saturated carbocycles. The largest absolute Gasteiger partial charge is 0.339 e. The Morgan fingerprint density at radius 3 is 2.47 bits per heavy atom. The van der Waals surface area contributed by atoms with Crippen molar-refractivity contribution in [3.8, 4) is 16.8 Å². The van der Waals surface area contributed by atoms with Crippen LogP contribution in [0.4, 0.5) is 0 Å². The molecule has 0 radical (unpaired) electrons. The van der Waals surface area contributed by atoms with Gasteiger partial charge in [-0.2, -0.15) is 5.10 Å². The van der Waals surface area contributed by atoms with Crippen molar-refractivity contribution in [1.82, 2.24) is 24.6 Å². The number of rotatable bonds is 4. The molecule has 0 atom stereocenters. The summed E-state index contributed by atoms with van der Waals surface area (Å²) in [7, 11) is 0. The number of carbonyl (C=O) groups is 1. The van der Waals surface area contributed by atoms with E-state index in [9.17, 15) is 4.79 Å². The van der Waals surface area contributed by atoms with Gasteiger partial charge in [0.05, 0.1) is 12.5 Å². The normalized spacial score (nSPS) is 14.7. The third kappa shape index (κ3) is 3.52. The summed E-state index contributed by atoms with van der Waals surface area (Å²) in [6.07, 6.45) is 9.15. The summed E-state index contributed by atoms with van der Waals surface area (Å²) in [6, 6.07) is 18.0. The van der Waals surface area contributed by atoms with Gasteiger partial charge in [-0.15, -0.1) is 0 Å². The van der Waals surface area contributed by atoms with Crippen LogP contribution in [0, 0.1) is 0 Å². The Morgan fingerprint density at radius 1 is 1.00 bits per heavy atom. The summed E-state index contributed by atoms with van der Waals surface area (Å²) in [5.74, 6) is 0.480. The van der Waals surface area contributed by atoms with E-state index in [0.717, 1.165) is 42.7 Å². The first-order valence-corrected chi connectivity index (χ1v) is 10.3. The molecule has 2 aromatic carbocycles. The first-order valence-electron chi connectivity index (χ1n) is 10.3. The fourth-order valence-corrected chi connectivity index (χ4v) is 4.20. The van der Waals surface area contributed by atoms with E-state index in [2.05, 4.69) is 27.3 Å². The van der Waals surface area contributed by atoms with Crippen LogP contribution in [0.1, 0.15) is 34.8 Å². The summed E-state index contributed by atoms with van der Waals surface area (Å²) < 4.78 is 1.93. The van der Waals surface area contributed by atoms with Crippen LogP contribution in [0.15, 0.2) is 79.5 Å². The van der Waals surface area contributed by atoms with Crippen LogP contribution < -0.4 is 0 Å². The predicted octanol–water partition coefficient (Wildman–Crippen LogP) is 4.28. The Hall–Kier alpha value is -3.67. The van der Waals surface area contributed by atoms with E-state index in [-0.39, 0.29) is 5.91 Å². The molecule has 0 bridgehead atoms. The molecule has 2 aromatic heterocycles. The van der Waals surface area contributed by atoms with E-state index in [1.165, 1.54) is 11.3 Å². The van der Waals surface area contributed by atoms with Crippen molar-refractivity contribution >= 4 is 5.91 Å². The fourth-order valence-electron chi connectivity index (χ4n) is 4.20. The van der Waals surface area contributed by atoms with Crippen LogP contribution in [0.5, 0.6) is 0 Å². The maximum Gasteiger partial charge on any atom is 0.253 e. The lowest BCUT2D eigenvalue weighted by Crippen LogP contribution is -2.38. The average molecular weight is 397 g/mol. The zero-order chi connectivity index (χ0) is 20.3. The van der Waals surface area contributed by atoms with Gasteiger partial charge in [0, 0.05) is 53.9 Å². The van der Waals surface area contributed by atoms with Gasteiger partial charge in [-0.1, -0.05) is 30.3 Å². The molecule has 1 amide bonds. The van der Waals surface area contributed by atoms with E-state index >= 15 is 0 Å². The summed E-state index contributed by atoms with van der Waals surface area (Å²) in [4.78, 5) is 19.0. The lowest BCUT2D eigenvalue weighted by molar-refractivity contribution is 0.0712. The molecule has 4 aromatic rings. The zero-order valence-electron chi connectivity index (χ0n) is 16.6. The second-order valence-electron chi connectivity index (χ2n) is 7.65. The molecule has 6 nitrogen and oxygen atoms in total. The quantitative estimate of drug-likeness (QED) is 0.559. The maximum absolute atomic E-state index is 13.0. The Labute approximate surface area is 175 Å². The van der Waals surface area contributed by atoms with E-state index < -0.39 is 0 Å². The number of hydrogen-bond acceptors (Lipinski definition) is 3. The van der Waals surface area contributed by atoms with Gasteiger partial charge in [-0.3, -0.25) is 9.89 Å². The van der Waals surface area contributed by atoms with Crippen LogP contribution in [0.25, 0.3) is 16.8 Å². The minimum atomic E-state index is 0.0959. The molecule has 1 aliphatic rings. The van der Waals surface area contributed by atoms with Gasteiger partial charge in [-0.25, -0.2) is 4.98 Å². The van der Waals surface area contributed by atoms with Crippen molar-refractivity contribution < 1.29 is 4.79 Å². The second kappa shape index (κ2) is 7.99. The number of piperidine rings is 1. The lowest BCUT2D eigenvalue weighted by Gasteiger charge is -2.32. The Morgan fingerprint density at radius 2 is 1.77 bits per heavy atom. The van der Waals surface area contributed by atoms with Crippen molar-refractivity contribution in [2.75, 3.05) is 13.1 Å². The molecule has 30 heavy (non-hydrogen) atoms. The molecule has 1 saturated heterocycles. The summed E-state index contributed by atoms with van der Waals surface area (Å²) in [5, 5.41) is 7.50. The molecule has 5 rings (SSSR count). The van der Waals surface area contributed by atoms with Gasteiger partial charge in [0.2, 0.25) is 0 Å². The van der Waals surface area contributed by atoms with Gasteiger partial charge < -0.3 is 9.47 Å². The van der Waals surface area contributed by atoms with Crippen LogP contribution in [0.2, 0.25) is 0 Å². The number of nitrogens with one attached hydrogen (secondary N) is 1. The number of imidazole rings is 1. The number of aromatic nitrogens is 4. The van der Waals surface area contributed by atoms with Crippen LogP contribution >= 0.6 is 0 Å². The number of benzene rings is 2. The van der Waals surface area contributed by atoms with Gasteiger partial charge in [0.15, 0.2) is 0 Å². The monoisotopic (exact) mass is 397 g/mol. The summed E-state index contributed by atoms with van der Waals surface area (Å²) >= 11 is 0. The Kier molecular flexibility index (Phi) is 4.89. The number of aromatic amines is 1. The molecule has 1 aliphatic heterocycles. The van der Waals surface area contributed by atoms with Crippen molar-refractivity contribution in [3.05, 3.63) is 90.8 Å². The number of hydrogen-bond donors (Lipinski definition) is 1.